The fourth-order valence-electron chi connectivity index (χ4n) is 2.05. The molecule has 0 bridgehead atoms. The quantitative estimate of drug-likeness (QED) is 0.682. The second-order valence-corrected chi connectivity index (χ2v) is 4.64. The van der Waals surface area contributed by atoms with Crippen molar-refractivity contribution >= 4 is 0 Å². The van der Waals surface area contributed by atoms with Crippen LogP contribution >= 0.6 is 0 Å². The van der Waals surface area contributed by atoms with Gasteiger partial charge < -0.3 is 4.74 Å². The Morgan fingerprint density at radius 2 is 1.84 bits per heavy atom. The van der Waals surface area contributed by atoms with E-state index in [1.165, 1.54) is 12.8 Å². The predicted octanol–water partition coefficient (Wildman–Crippen LogP) is 4.46. The summed E-state index contributed by atoms with van der Waals surface area (Å²) in [5.41, 5.74) is 3.33. The van der Waals surface area contributed by atoms with Gasteiger partial charge in [-0.2, -0.15) is 0 Å². The van der Waals surface area contributed by atoms with Gasteiger partial charge in [-0.05, 0) is 12.5 Å². The zero-order chi connectivity index (χ0) is 13.3. The Morgan fingerprint density at radius 1 is 1.00 bits per heavy atom. The fourth-order valence-corrected chi connectivity index (χ4v) is 2.05. The van der Waals surface area contributed by atoms with Crippen LogP contribution in [0.15, 0.2) is 48.7 Å². The Hall–Kier alpha value is -1.67. The van der Waals surface area contributed by atoms with Crippen LogP contribution in [0, 0.1) is 0 Å². The lowest BCUT2D eigenvalue weighted by atomic mass is 10.1. The second kappa shape index (κ2) is 7.70. The van der Waals surface area contributed by atoms with E-state index in [-0.39, 0.29) is 0 Å². The number of hydrogen-bond donors (Lipinski definition) is 0. The number of nitrogens with zero attached hydrogens (tertiary/aromatic N) is 1. The van der Waals surface area contributed by atoms with Crippen LogP contribution in [0.1, 0.15) is 31.7 Å². The third-order valence-corrected chi connectivity index (χ3v) is 3.09. The van der Waals surface area contributed by atoms with Gasteiger partial charge in [0, 0.05) is 23.9 Å². The van der Waals surface area contributed by atoms with E-state index in [9.17, 15) is 0 Å². The van der Waals surface area contributed by atoms with E-state index >= 15 is 0 Å². The van der Waals surface area contributed by atoms with Crippen molar-refractivity contribution in [1.82, 2.24) is 4.98 Å². The summed E-state index contributed by atoms with van der Waals surface area (Å²) in [5, 5.41) is 0. The van der Waals surface area contributed by atoms with Crippen LogP contribution < -0.4 is 0 Å². The normalized spacial score (nSPS) is 10.6. The Labute approximate surface area is 115 Å². The molecule has 0 aliphatic rings. The van der Waals surface area contributed by atoms with Gasteiger partial charge in [0.25, 0.3) is 0 Å². The van der Waals surface area contributed by atoms with Gasteiger partial charge >= 0.3 is 0 Å². The molecule has 2 nitrogen and oxygen atoms in total. The molecule has 2 heteroatoms. The molecule has 0 aliphatic carbocycles. The van der Waals surface area contributed by atoms with Crippen LogP contribution in [-0.2, 0) is 11.3 Å². The first-order valence-corrected chi connectivity index (χ1v) is 6.99. The Kier molecular flexibility index (Phi) is 5.57. The second-order valence-electron chi connectivity index (χ2n) is 4.64. The van der Waals surface area contributed by atoms with E-state index in [0.29, 0.717) is 6.61 Å². The first-order chi connectivity index (χ1) is 9.42. The summed E-state index contributed by atoms with van der Waals surface area (Å²) in [7, 11) is 0. The topological polar surface area (TPSA) is 22.1 Å². The largest absolute Gasteiger partial charge is 0.377 e. The molecular formula is C17H21NO. The van der Waals surface area contributed by atoms with Crippen molar-refractivity contribution in [3.8, 4) is 11.3 Å². The molecule has 1 heterocycles. The lowest BCUT2D eigenvalue weighted by Crippen LogP contribution is -1.99. The standard InChI is InChI=1S/C17H21NO/c1-2-3-7-13-19-14-16-11-8-12-18-17(16)15-9-5-4-6-10-15/h4-6,8-12H,2-3,7,13-14H2,1H3. The van der Waals surface area contributed by atoms with Gasteiger partial charge in [0.2, 0.25) is 0 Å². The van der Waals surface area contributed by atoms with E-state index in [4.69, 9.17) is 4.74 Å². The summed E-state index contributed by atoms with van der Waals surface area (Å²) in [5.74, 6) is 0. The van der Waals surface area contributed by atoms with Crippen molar-refractivity contribution in [3.05, 3.63) is 54.2 Å². The zero-order valence-electron chi connectivity index (χ0n) is 11.5. The first kappa shape index (κ1) is 13.8. The van der Waals surface area contributed by atoms with Gasteiger partial charge in [0.05, 0.1) is 12.3 Å². The van der Waals surface area contributed by atoms with Crippen LogP contribution in [0.3, 0.4) is 0 Å². The zero-order valence-corrected chi connectivity index (χ0v) is 11.5. The number of pyridine rings is 1. The maximum atomic E-state index is 5.74. The molecule has 1 aromatic heterocycles. The molecule has 0 saturated heterocycles. The molecule has 2 rings (SSSR count). The van der Waals surface area contributed by atoms with E-state index in [1.807, 2.05) is 30.5 Å². The number of hydrogen-bond acceptors (Lipinski definition) is 2. The summed E-state index contributed by atoms with van der Waals surface area (Å²) in [4.78, 5) is 4.48. The molecule has 0 saturated carbocycles. The summed E-state index contributed by atoms with van der Waals surface area (Å²) in [6.07, 6.45) is 5.43. The molecule has 0 N–H and O–H groups in total. The summed E-state index contributed by atoms with van der Waals surface area (Å²) < 4.78 is 5.74. The first-order valence-electron chi connectivity index (χ1n) is 6.99. The molecule has 0 spiro atoms. The number of benzene rings is 1. The molecule has 0 radical (unpaired) electrons. The van der Waals surface area contributed by atoms with E-state index in [1.54, 1.807) is 0 Å². The average molecular weight is 255 g/mol. The molecule has 0 aliphatic heterocycles. The lowest BCUT2D eigenvalue weighted by Gasteiger charge is -2.09. The fraction of sp³-hybridized carbons (Fsp3) is 0.353. The van der Waals surface area contributed by atoms with Crippen molar-refractivity contribution < 1.29 is 4.74 Å². The summed E-state index contributed by atoms with van der Waals surface area (Å²) in [6, 6.07) is 14.3. The Balaban J connectivity index is 2.01. The maximum Gasteiger partial charge on any atom is 0.0757 e. The maximum absolute atomic E-state index is 5.74. The van der Waals surface area contributed by atoms with Crippen molar-refractivity contribution in [2.45, 2.75) is 32.8 Å². The van der Waals surface area contributed by atoms with Gasteiger partial charge in [0.15, 0.2) is 0 Å². The summed E-state index contributed by atoms with van der Waals surface area (Å²) in [6.45, 7) is 3.67. The molecule has 0 unspecified atom stereocenters. The van der Waals surface area contributed by atoms with Gasteiger partial charge in [-0.3, -0.25) is 4.98 Å². The highest BCUT2D eigenvalue weighted by Gasteiger charge is 2.05. The average Bonchev–Trinajstić information content (AvgIpc) is 2.48. The third-order valence-electron chi connectivity index (χ3n) is 3.09. The van der Waals surface area contributed by atoms with Gasteiger partial charge in [-0.1, -0.05) is 56.2 Å². The highest BCUT2D eigenvalue weighted by atomic mass is 16.5. The van der Waals surface area contributed by atoms with Crippen molar-refractivity contribution in [2.75, 3.05) is 6.61 Å². The van der Waals surface area contributed by atoms with Crippen LogP contribution in [-0.4, -0.2) is 11.6 Å². The number of unbranched alkanes of at least 4 members (excludes halogenated alkanes) is 2. The minimum absolute atomic E-state index is 0.641. The minimum atomic E-state index is 0.641. The van der Waals surface area contributed by atoms with E-state index in [0.717, 1.165) is 29.8 Å². The number of aromatic nitrogens is 1. The van der Waals surface area contributed by atoms with Gasteiger partial charge in [-0.25, -0.2) is 0 Å². The van der Waals surface area contributed by atoms with Crippen molar-refractivity contribution in [3.63, 3.8) is 0 Å². The monoisotopic (exact) mass is 255 g/mol. The molecule has 19 heavy (non-hydrogen) atoms. The lowest BCUT2D eigenvalue weighted by molar-refractivity contribution is 0.117. The molecule has 1 aromatic carbocycles. The van der Waals surface area contributed by atoms with Crippen LogP contribution in [0.5, 0.6) is 0 Å². The Morgan fingerprint density at radius 3 is 2.63 bits per heavy atom. The molecule has 2 aromatic rings. The third kappa shape index (κ3) is 4.18. The van der Waals surface area contributed by atoms with Crippen LogP contribution in [0.2, 0.25) is 0 Å². The van der Waals surface area contributed by atoms with Gasteiger partial charge in [-0.15, -0.1) is 0 Å². The molecule has 100 valence electrons. The van der Waals surface area contributed by atoms with Crippen molar-refractivity contribution in [2.24, 2.45) is 0 Å². The molecule has 0 amide bonds. The molecule has 0 fully saturated rings. The minimum Gasteiger partial charge on any atom is -0.377 e. The number of rotatable bonds is 7. The smallest absolute Gasteiger partial charge is 0.0757 e. The van der Waals surface area contributed by atoms with Crippen LogP contribution in [0.4, 0.5) is 0 Å². The van der Waals surface area contributed by atoms with Crippen molar-refractivity contribution in [1.29, 1.82) is 0 Å². The number of ether oxygens (including phenoxy) is 1. The van der Waals surface area contributed by atoms with E-state index in [2.05, 4.69) is 30.1 Å². The highest BCUT2D eigenvalue weighted by molar-refractivity contribution is 5.62. The predicted molar refractivity (Wildman–Crippen MR) is 78.9 cm³/mol. The highest BCUT2D eigenvalue weighted by Crippen LogP contribution is 2.21. The molecule has 0 atom stereocenters. The molecular weight excluding hydrogens is 234 g/mol. The SMILES string of the molecule is CCCCCOCc1cccnc1-c1ccccc1. The van der Waals surface area contributed by atoms with Crippen LogP contribution in [0.25, 0.3) is 11.3 Å². The van der Waals surface area contributed by atoms with E-state index < -0.39 is 0 Å². The van der Waals surface area contributed by atoms with Gasteiger partial charge in [0.1, 0.15) is 0 Å². The Bertz CT molecular complexity index is 482. The summed E-state index contributed by atoms with van der Waals surface area (Å²) >= 11 is 0.